The topological polar surface area (TPSA) is 25.5 Å². The lowest BCUT2D eigenvalue weighted by molar-refractivity contribution is 0.564. The smallest absolute Gasteiger partial charge is 0.0935 e. The van der Waals surface area contributed by atoms with E-state index in [0.717, 1.165) is 13.0 Å². The molecule has 2 heteroatoms. The highest BCUT2D eigenvalue weighted by molar-refractivity contribution is 5.23. The Morgan fingerprint density at radius 1 is 1.67 bits per heavy atom. The summed E-state index contributed by atoms with van der Waals surface area (Å²) < 4.78 is 4.85. The predicted molar refractivity (Wildman–Crippen MR) is 36.8 cm³/mol. The van der Waals surface area contributed by atoms with E-state index in [2.05, 4.69) is 11.7 Å². The van der Waals surface area contributed by atoms with Crippen LogP contribution in [0.25, 0.3) is 0 Å². The summed E-state index contributed by atoms with van der Waals surface area (Å²) in [5.74, 6) is 0. The van der Waals surface area contributed by atoms with Crippen molar-refractivity contribution in [3.8, 4) is 0 Å². The van der Waals surface area contributed by atoms with Crippen molar-refractivity contribution in [1.82, 2.24) is 0 Å². The molecule has 0 aliphatic heterocycles. The molecule has 48 valence electrons. The number of rotatable bonds is 3. The van der Waals surface area contributed by atoms with Gasteiger partial charge in [0.05, 0.1) is 12.5 Å². The fraction of sp³-hybridized carbons (Fsp3) is 0.286. The first-order valence-electron chi connectivity index (χ1n) is 2.87. The van der Waals surface area contributed by atoms with Crippen molar-refractivity contribution in [3.63, 3.8) is 0 Å². The van der Waals surface area contributed by atoms with Gasteiger partial charge in [-0.15, -0.1) is 0 Å². The molecule has 1 aromatic rings. The zero-order chi connectivity index (χ0) is 6.53. The van der Waals surface area contributed by atoms with Crippen molar-refractivity contribution in [2.75, 3.05) is 6.54 Å². The van der Waals surface area contributed by atoms with Crippen molar-refractivity contribution in [2.24, 2.45) is 4.99 Å². The highest BCUT2D eigenvalue weighted by Gasteiger charge is 1.89. The van der Waals surface area contributed by atoms with Crippen LogP contribution in [-0.2, 0) is 6.42 Å². The Balaban J connectivity index is 2.38. The lowest BCUT2D eigenvalue weighted by atomic mass is 10.2. The van der Waals surface area contributed by atoms with Crippen molar-refractivity contribution in [3.05, 3.63) is 24.2 Å². The van der Waals surface area contributed by atoms with Crippen LogP contribution in [0, 0.1) is 0 Å². The van der Waals surface area contributed by atoms with E-state index in [9.17, 15) is 0 Å². The van der Waals surface area contributed by atoms with E-state index >= 15 is 0 Å². The fourth-order valence-electron chi connectivity index (χ4n) is 0.643. The van der Waals surface area contributed by atoms with Gasteiger partial charge in [-0.25, -0.2) is 0 Å². The predicted octanol–water partition coefficient (Wildman–Crippen LogP) is 1.52. The maximum absolute atomic E-state index is 4.85. The molecule has 0 N–H and O–H groups in total. The Labute approximate surface area is 54.2 Å². The largest absolute Gasteiger partial charge is 0.472 e. The molecule has 9 heavy (non-hydrogen) atoms. The van der Waals surface area contributed by atoms with Crippen LogP contribution >= 0.6 is 0 Å². The lowest BCUT2D eigenvalue weighted by Crippen LogP contribution is -1.83. The molecule has 0 fully saturated rings. The highest BCUT2D eigenvalue weighted by atomic mass is 16.3. The van der Waals surface area contributed by atoms with Crippen LogP contribution in [0.2, 0.25) is 0 Å². The van der Waals surface area contributed by atoms with E-state index in [-0.39, 0.29) is 0 Å². The van der Waals surface area contributed by atoms with Crippen LogP contribution in [0.1, 0.15) is 5.56 Å². The Hall–Kier alpha value is -1.05. The Bertz CT molecular complexity index is 167. The summed E-state index contributed by atoms with van der Waals surface area (Å²) in [7, 11) is 0. The molecule has 0 spiro atoms. The first kappa shape index (κ1) is 6.08. The van der Waals surface area contributed by atoms with Gasteiger partial charge in [-0.3, -0.25) is 0 Å². The SMILES string of the molecule is C=NCCc1ccoc1. The molecule has 0 amide bonds. The zero-order valence-electron chi connectivity index (χ0n) is 5.21. The molecule has 0 bridgehead atoms. The van der Waals surface area contributed by atoms with E-state index in [1.807, 2.05) is 6.07 Å². The van der Waals surface area contributed by atoms with Gasteiger partial charge >= 0.3 is 0 Å². The number of furan rings is 1. The van der Waals surface area contributed by atoms with Gasteiger partial charge < -0.3 is 9.41 Å². The Morgan fingerprint density at radius 2 is 2.56 bits per heavy atom. The van der Waals surface area contributed by atoms with E-state index < -0.39 is 0 Å². The second-order valence-corrected chi connectivity index (χ2v) is 1.83. The quantitative estimate of drug-likeness (QED) is 0.559. The maximum atomic E-state index is 4.85. The maximum Gasteiger partial charge on any atom is 0.0935 e. The number of hydrogen-bond donors (Lipinski definition) is 0. The number of hydrogen-bond acceptors (Lipinski definition) is 2. The summed E-state index contributed by atoms with van der Waals surface area (Å²) in [5.41, 5.74) is 1.18. The van der Waals surface area contributed by atoms with E-state index in [4.69, 9.17) is 4.42 Å². The normalized spacial score (nSPS) is 9.33. The summed E-state index contributed by atoms with van der Waals surface area (Å²) in [4.78, 5) is 3.72. The van der Waals surface area contributed by atoms with Crippen molar-refractivity contribution < 1.29 is 4.42 Å². The average molecular weight is 123 g/mol. The van der Waals surface area contributed by atoms with Crippen LogP contribution in [-0.4, -0.2) is 13.3 Å². The number of nitrogens with zero attached hydrogens (tertiary/aromatic N) is 1. The molecule has 0 aliphatic rings. The minimum Gasteiger partial charge on any atom is -0.472 e. The van der Waals surface area contributed by atoms with E-state index in [0.29, 0.717) is 0 Å². The molecule has 0 saturated heterocycles. The molecule has 0 aliphatic carbocycles. The summed E-state index contributed by atoms with van der Waals surface area (Å²) >= 11 is 0. The third-order valence-electron chi connectivity index (χ3n) is 1.14. The molecule has 0 radical (unpaired) electrons. The van der Waals surface area contributed by atoms with E-state index in [1.54, 1.807) is 12.5 Å². The van der Waals surface area contributed by atoms with Gasteiger partial charge in [0, 0.05) is 6.54 Å². The summed E-state index contributed by atoms with van der Waals surface area (Å²) in [6.07, 6.45) is 4.32. The van der Waals surface area contributed by atoms with Crippen LogP contribution in [0.4, 0.5) is 0 Å². The molecule has 1 heterocycles. The monoisotopic (exact) mass is 123 g/mol. The van der Waals surface area contributed by atoms with Crippen molar-refractivity contribution in [2.45, 2.75) is 6.42 Å². The second kappa shape index (κ2) is 3.07. The summed E-state index contributed by atoms with van der Waals surface area (Å²) in [5, 5.41) is 0. The van der Waals surface area contributed by atoms with Gasteiger partial charge in [0.2, 0.25) is 0 Å². The fourth-order valence-corrected chi connectivity index (χ4v) is 0.643. The van der Waals surface area contributed by atoms with Gasteiger partial charge in [0.1, 0.15) is 0 Å². The van der Waals surface area contributed by atoms with Crippen LogP contribution in [0.5, 0.6) is 0 Å². The van der Waals surface area contributed by atoms with Crippen molar-refractivity contribution >= 4 is 6.72 Å². The van der Waals surface area contributed by atoms with Crippen molar-refractivity contribution in [1.29, 1.82) is 0 Å². The molecule has 1 rings (SSSR count). The third kappa shape index (κ3) is 1.72. The molecular formula is C7H9NO. The van der Waals surface area contributed by atoms with Gasteiger partial charge in [-0.1, -0.05) is 0 Å². The zero-order valence-corrected chi connectivity index (χ0v) is 5.21. The standard InChI is InChI=1S/C7H9NO/c1-8-4-2-7-3-5-9-6-7/h3,5-6H,1-2,4H2. The summed E-state index contributed by atoms with van der Waals surface area (Å²) in [6.45, 7) is 4.16. The molecule has 0 aromatic carbocycles. The minimum absolute atomic E-state index is 0.777. The average Bonchev–Trinajstić information content (AvgIpc) is 2.34. The first-order chi connectivity index (χ1) is 4.43. The Morgan fingerprint density at radius 3 is 3.11 bits per heavy atom. The van der Waals surface area contributed by atoms with E-state index in [1.165, 1.54) is 5.56 Å². The first-order valence-corrected chi connectivity index (χ1v) is 2.87. The molecule has 0 atom stereocenters. The van der Waals surface area contributed by atoms with Gasteiger partial charge in [0.25, 0.3) is 0 Å². The Kier molecular flexibility index (Phi) is 2.07. The van der Waals surface area contributed by atoms with Gasteiger partial charge in [0.15, 0.2) is 0 Å². The number of aliphatic imine (C=N–C) groups is 1. The lowest BCUT2D eigenvalue weighted by Gasteiger charge is -1.86. The molecule has 2 nitrogen and oxygen atoms in total. The van der Waals surface area contributed by atoms with Gasteiger partial charge in [-0.05, 0) is 24.8 Å². The molecule has 1 aromatic heterocycles. The third-order valence-corrected chi connectivity index (χ3v) is 1.14. The second-order valence-electron chi connectivity index (χ2n) is 1.83. The molecule has 0 saturated carbocycles. The summed E-state index contributed by atoms with van der Waals surface area (Å²) in [6, 6.07) is 1.94. The minimum atomic E-state index is 0.777. The molecule has 0 unspecified atom stereocenters. The van der Waals surface area contributed by atoms with Crippen LogP contribution in [0.3, 0.4) is 0 Å². The van der Waals surface area contributed by atoms with Crippen LogP contribution < -0.4 is 0 Å². The molecular weight excluding hydrogens is 114 g/mol. The van der Waals surface area contributed by atoms with Gasteiger partial charge in [-0.2, -0.15) is 0 Å². The van der Waals surface area contributed by atoms with Crippen LogP contribution in [0.15, 0.2) is 28.0 Å². The highest BCUT2D eigenvalue weighted by Crippen LogP contribution is 1.99.